The average Bonchev–Trinajstić information content (AvgIpc) is 2.83. The molecule has 0 radical (unpaired) electrons. The van der Waals surface area contributed by atoms with Crippen molar-refractivity contribution in [2.45, 2.75) is 51.6 Å². The van der Waals surface area contributed by atoms with Gasteiger partial charge in [0, 0.05) is 6.54 Å². The molecule has 4 N–H and O–H groups in total. The van der Waals surface area contributed by atoms with Crippen molar-refractivity contribution in [1.29, 1.82) is 0 Å². The highest BCUT2D eigenvalue weighted by molar-refractivity contribution is 5.88. The van der Waals surface area contributed by atoms with Crippen LogP contribution in [0.4, 0.5) is 0 Å². The van der Waals surface area contributed by atoms with Gasteiger partial charge in [0.2, 0.25) is 0 Å². The van der Waals surface area contributed by atoms with E-state index in [1.807, 2.05) is 0 Å². The summed E-state index contributed by atoms with van der Waals surface area (Å²) in [5.41, 5.74) is 0.0679. The molecule has 9 heteroatoms. The molecular weight excluding hydrogens is 466 g/mol. The Labute approximate surface area is 212 Å². The summed E-state index contributed by atoms with van der Waals surface area (Å²) in [7, 11) is 0. The topological polar surface area (TPSA) is 145 Å². The molecule has 0 spiro atoms. The summed E-state index contributed by atoms with van der Waals surface area (Å²) >= 11 is 0. The van der Waals surface area contributed by atoms with Crippen molar-refractivity contribution in [2.24, 2.45) is 0 Å². The Kier molecular flexibility index (Phi) is 13.8. The lowest BCUT2D eigenvalue weighted by Gasteiger charge is -2.18. The molecule has 0 amide bonds. The fraction of sp³-hybridized carbons (Fsp3) is 0.444. The minimum Gasteiger partial charge on any atom is -0.492 e. The molecule has 0 unspecified atom stereocenters. The molecule has 2 aromatic carbocycles. The molecule has 0 saturated heterocycles. The molecule has 0 aliphatic heterocycles. The number of benzene rings is 2. The smallest absolute Gasteiger partial charge is 0.336 e. The Balaban J connectivity index is 0.000000426. The molecule has 0 aromatic heterocycles. The third-order valence-corrected chi connectivity index (χ3v) is 5.55. The monoisotopic (exact) mass is 503 g/mol. The third kappa shape index (κ3) is 12.3. The predicted octanol–water partition coefficient (Wildman–Crippen LogP) is 3.33. The zero-order valence-corrected chi connectivity index (χ0v) is 20.9. The van der Waals surface area contributed by atoms with Gasteiger partial charge in [-0.1, -0.05) is 56.3 Å². The number of carbonyl (C=O) groups is 3. The minimum atomic E-state index is -2.74. The van der Waals surface area contributed by atoms with Crippen LogP contribution in [0.1, 0.15) is 44.2 Å². The van der Waals surface area contributed by atoms with E-state index in [9.17, 15) is 14.4 Å². The summed E-state index contributed by atoms with van der Waals surface area (Å²) in [5.74, 6) is -4.04. The number of rotatable bonds is 15. The van der Waals surface area contributed by atoms with Gasteiger partial charge in [-0.15, -0.1) is 0 Å². The van der Waals surface area contributed by atoms with E-state index in [4.69, 9.17) is 25.2 Å². The van der Waals surface area contributed by atoms with E-state index in [2.05, 4.69) is 73.3 Å². The number of ether oxygens (including phenoxy) is 1. The number of hydrogen-bond donors (Lipinski definition) is 4. The van der Waals surface area contributed by atoms with Gasteiger partial charge in [-0.25, -0.2) is 4.79 Å². The van der Waals surface area contributed by atoms with Gasteiger partial charge in [-0.05, 0) is 55.6 Å². The second kappa shape index (κ2) is 16.3. The van der Waals surface area contributed by atoms with Crippen LogP contribution >= 0.6 is 0 Å². The number of aliphatic carboxylic acids is 3. The highest BCUT2D eigenvalue weighted by atomic mass is 16.5. The summed E-state index contributed by atoms with van der Waals surface area (Å²) in [6.45, 7) is 8.29. The maximum Gasteiger partial charge on any atom is 0.336 e. The number of aliphatic hydroxyl groups is 1. The molecule has 0 aliphatic carbocycles. The Morgan fingerprint density at radius 3 is 1.75 bits per heavy atom. The lowest BCUT2D eigenvalue weighted by molar-refractivity contribution is -0.170. The molecule has 0 fully saturated rings. The fourth-order valence-corrected chi connectivity index (χ4v) is 3.44. The van der Waals surface area contributed by atoms with Crippen molar-refractivity contribution in [2.75, 3.05) is 26.2 Å². The summed E-state index contributed by atoms with van der Waals surface area (Å²) in [6, 6.07) is 19.3. The van der Waals surface area contributed by atoms with Crippen molar-refractivity contribution < 1.29 is 39.5 Å². The molecule has 198 valence electrons. The Morgan fingerprint density at radius 1 is 0.806 bits per heavy atom. The van der Waals surface area contributed by atoms with E-state index < -0.39 is 36.4 Å². The van der Waals surface area contributed by atoms with Crippen LogP contribution in [0.3, 0.4) is 0 Å². The van der Waals surface area contributed by atoms with E-state index in [1.54, 1.807) is 0 Å². The quantitative estimate of drug-likeness (QED) is 0.287. The van der Waals surface area contributed by atoms with E-state index in [1.165, 1.54) is 17.5 Å². The van der Waals surface area contributed by atoms with Gasteiger partial charge in [0.1, 0.15) is 12.4 Å². The van der Waals surface area contributed by atoms with Crippen LogP contribution in [0.25, 0.3) is 0 Å². The van der Waals surface area contributed by atoms with Crippen LogP contribution in [-0.2, 0) is 27.2 Å². The summed E-state index contributed by atoms with van der Waals surface area (Å²) in [5, 5.41) is 33.8. The van der Waals surface area contributed by atoms with Gasteiger partial charge in [0.15, 0.2) is 5.60 Å². The molecule has 2 aromatic rings. The van der Waals surface area contributed by atoms with E-state index in [0.29, 0.717) is 0 Å². The van der Waals surface area contributed by atoms with Crippen molar-refractivity contribution in [3.8, 4) is 5.75 Å². The zero-order chi connectivity index (χ0) is 27.0. The average molecular weight is 504 g/mol. The summed E-state index contributed by atoms with van der Waals surface area (Å²) < 4.78 is 5.83. The zero-order valence-electron chi connectivity index (χ0n) is 20.9. The van der Waals surface area contributed by atoms with Gasteiger partial charge < -0.3 is 30.1 Å². The Morgan fingerprint density at radius 2 is 1.31 bits per heavy atom. The number of carboxylic acid groups (broad SMARTS) is 3. The van der Waals surface area contributed by atoms with Gasteiger partial charge >= 0.3 is 17.9 Å². The van der Waals surface area contributed by atoms with Crippen molar-refractivity contribution in [1.82, 2.24) is 4.90 Å². The maximum atomic E-state index is 10.3. The van der Waals surface area contributed by atoms with Gasteiger partial charge in [0.25, 0.3) is 0 Å². The molecule has 0 atom stereocenters. The number of carboxylic acids is 3. The van der Waals surface area contributed by atoms with E-state index >= 15 is 0 Å². The lowest BCUT2D eigenvalue weighted by atomic mass is 9.96. The number of aryl methyl sites for hydroxylation is 2. The van der Waals surface area contributed by atoms with Crippen LogP contribution < -0.4 is 4.74 Å². The van der Waals surface area contributed by atoms with Crippen LogP contribution in [-0.4, -0.2) is 75.1 Å². The number of hydrogen-bond acceptors (Lipinski definition) is 6. The normalized spacial score (nSPS) is 10.9. The second-order valence-electron chi connectivity index (χ2n) is 8.34. The molecule has 36 heavy (non-hydrogen) atoms. The highest BCUT2D eigenvalue weighted by Gasteiger charge is 2.40. The first-order valence-electron chi connectivity index (χ1n) is 12.0. The first-order valence-corrected chi connectivity index (χ1v) is 12.0. The van der Waals surface area contributed by atoms with Gasteiger partial charge in [-0.2, -0.15) is 0 Å². The molecule has 9 nitrogen and oxygen atoms in total. The predicted molar refractivity (Wildman–Crippen MR) is 135 cm³/mol. The molecule has 2 rings (SSSR count). The molecule has 0 heterocycles. The molecule has 0 bridgehead atoms. The first kappa shape index (κ1) is 30.6. The first-order chi connectivity index (χ1) is 17.1. The summed E-state index contributed by atoms with van der Waals surface area (Å²) in [4.78, 5) is 32.9. The SMILES string of the molecule is CCN(CC)CCOc1ccc(CCCc2ccccc2)cc1.O=C(O)CC(O)(CC(=O)O)C(=O)O. The van der Waals surface area contributed by atoms with Gasteiger partial charge in [-0.3, -0.25) is 9.59 Å². The number of nitrogens with zero attached hydrogens (tertiary/aromatic N) is 1. The van der Waals surface area contributed by atoms with Crippen LogP contribution in [0.15, 0.2) is 54.6 Å². The van der Waals surface area contributed by atoms with E-state index in [0.717, 1.165) is 44.8 Å². The minimum absolute atomic E-state index is 0.759. The van der Waals surface area contributed by atoms with Crippen molar-refractivity contribution in [3.63, 3.8) is 0 Å². The van der Waals surface area contributed by atoms with E-state index in [-0.39, 0.29) is 0 Å². The summed E-state index contributed by atoms with van der Waals surface area (Å²) in [6.07, 6.45) is 1.16. The van der Waals surface area contributed by atoms with Crippen molar-refractivity contribution >= 4 is 17.9 Å². The molecule has 0 aliphatic rings. The van der Waals surface area contributed by atoms with Crippen molar-refractivity contribution in [3.05, 3.63) is 65.7 Å². The fourth-order valence-electron chi connectivity index (χ4n) is 3.44. The largest absolute Gasteiger partial charge is 0.492 e. The molecular formula is C27H37NO8. The van der Waals surface area contributed by atoms with Crippen LogP contribution in [0.2, 0.25) is 0 Å². The Hall–Kier alpha value is -3.43. The Bertz CT molecular complexity index is 911. The molecule has 0 saturated carbocycles. The number of likely N-dealkylation sites (N-methyl/N-ethyl adjacent to an activating group) is 1. The standard InChI is InChI=1S/C21H29NO.C6H8O7/c1-3-22(4-2)17-18-23-21-15-13-20(14-16-21)12-8-11-19-9-6-5-7-10-19;7-3(8)1-6(13,5(11)12)2-4(9)10/h5-7,9-10,13-16H,3-4,8,11-12,17-18H2,1-2H3;13H,1-2H2,(H,7,8)(H,9,10)(H,11,12). The second-order valence-corrected chi connectivity index (χ2v) is 8.34. The maximum absolute atomic E-state index is 10.3. The van der Waals surface area contributed by atoms with Gasteiger partial charge in [0.05, 0.1) is 12.8 Å². The van der Waals surface area contributed by atoms with Crippen LogP contribution in [0.5, 0.6) is 5.75 Å². The lowest BCUT2D eigenvalue weighted by Crippen LogP contribution is -2.42. The third-order valence-electron chi connectivity index (χ3n) is 5.55. The van der Waals surface area contributed by atoms with Crippen LogP contribution in [0, 0.1) is 0 Å². The highest BCUT2D eigenvalue weighted by Crippen LogP contribution is 2.16.